The summed E-state index contributed by atoms with van der Waals surface area (Å²) in [7, 11) is 0. The maximum Gasteiger partial charge on any atom is 0.282 e. The van der Waals surface area contributed by atoms with Gasteiger partial charge in [0.15, 0.2) is 0 Å². The summed E-state index contributed by atoms with van der Waals surface area (Å²) >= 11 is 9.83. The van der Waals surface area contributed by atoms with Crippen molar-refractivity contribution in [3.63, 3.8) is 0 Å². The molecule has 3 aromatic carbocycles. The summed E-state index contributed by atoms with van der Waals surface area (Å²) in [6, 6.07) is 21.0. The highest BCUT2D eigenvalue weighted by atomic mass is 79.9. The lowest BCUT2D eigenvalue weighted by Crippen LogP contribution is -2.33. The van der Waals surface area contributed by atoms with Gasteiger partial charge in [-0.1, -0.05) is 59.1 Å². The lowest BCUT2D eigenvalue weighted by atomic mass is 10.1. The Labute approximate surface area is 207 Å². The number of amidine groups is 1. The molecule has 0 atom stereocenters. The van der Waals surface area contributed by atoms with Gasteiger partial charge in [0.2, 0.25) is 0 Å². The van der Waals surface area contributed by atoms with Crippen LogP contribution in [0.5, 0.6) is 5.75 Å². The van der Waals surface area contributed by atoms with Crippen LogP contribution in [-0.2, 0) is 4.79 Å². The number of rotatable bonds is 7. The third-order valence-corrected chi connectivity index (χ3v) is 6.33. The van der Waals surface area contributed by atoms with Gasteiger partial charge < -0.3 is 4.74 Å². The molecule has 0 saturated heterocycles. The van der Waals surface area contributed by atoms with Gasteiger partial charge in [-0.25, -0.2) is 4.99 Å². The standard InChI is InChI=1S/C27H24BrClN2O2/c1-3-4-16-33-22-14-10-20(11-15-22)26-30-24(17-19-8-12-21(28)13-9-19)27(32)31(26)25-7-5-6-23(29)18(25)2/h5-15,17H,3-4,16H2,1-2H3. The smallest absolute Gasteiger partial charge is 0.282 e. The number of nitrogens with zero attached hydrogens (tertiary/aromatic N) is 2. The molecule has 0 radical (unpaired) electrons. The van der Waals surface area contributed by atoms with Crippen molar-refractivity contribution in [1.29, 1.82) is 0 Å². The van der Waals surface area contributed by atoms with Crippen molar-refractivity contribution >= 4 is 51.0 Å². The second-order valence-corrected chi connectivity index (χ2v) is 9.09. The number of benzene rings is 3. The van der Waals surface area contributed by atoms with E-state index in [1.165, 1.54) is 0 Å². The van der Waals surface area contributed by atoms with E-state index in [2.05, 4.69) is 22.9 Å². The Hall–Kier alpha value is -2.89. The summed E-state index contributed by atoms with van der Waals surface area (Å²) in [4.78, 5) is 19.9. The summed E-state index contributed by atoms with van der Waals surface area (Å²) in [6.07, 6.45) is 3.89. The number of carbonyl (C=O) groups is 1. The van der Waals surface area contributed by atoms with Gasteiger partial charge in [-0.05, 0) is 79.1 Å². The minimum atomic E-state index is -0.193. The topological polar surface area (TPSA) is 41.9 Å². The van der Waals surface area contributed by atoms with E-state index < -0.39 is 0 Å². The van der Waals surface area contributed by atoms with E-state index in [-0.39, 0.29) is 5.91 Å². The van der Waals surface area contributed by atoms with E-state index >= 15 is 0 Å². The van der Waals surface area contributed by atoms with Crippen LogP contribution < -0.4 is 9.64 Å². The van der Waals surface area contributed by atoms with E-state index in [0.29, 0.717) is 28.8 Å². The highest BCUT2D eigenvalue weighted by molar-refractivity contribution is 9.10. The number of amides is 1. The molecule has 168 valence electrons. The molecule has 0 N–H and O–H groups in total. The highest BCUT2D eigenvalue weighted by Gasteiger charge is 2.33. The van der Waals surface area contributed by atoms with Crippen molar-refractivity contribution in [2.45, 2.75) is 26.7 Å². The number of aliphatic imine (C=N–C) groups is 1. The minimum Gasteiger partial charge on any atom is -0.494 e. The molecule has 1 amide bonds. The molecular formula is C27H24BrClN2O2. The van der Waals surface area contributed by atoms with Crippen LogP contribution in [0.3, 0.4) is 0 Å². The maximum atomic E-state index is 13.5. The Balaban J connectivity index is 1.74. The fourth-order valence-electron chi connectivity index (χ4n) is 3.52. The normalized spacial score (nSPS) is 14.7. The second kappa shape index (κ2) is 10.4. The number of halogens is 2. The molecule has 1 aliphatic rings. The maximum absolute atomic E-state index is 13.5. The van der Waals surface area contributed by atoms with Gasteiger partial charge in [-0.2, -0.15) is 0 Å². The molecule has 1 heterocycles. The lowest BCUT2D eigenvalue weighted by Gasteiger charge is -2.21. The lowest BCUT2D eigenvalue weighted by molar-refractivity contribution is -0.113. The van der Waals surface area contributed by atoms with Crippen molar-refractivity contribution in [2.24, 2.45) is 4.99 Å². The zero-order valence-electron chi connectivity index (χ0n) is 18.5. The third-order valence-electron chi connectivity index (χ3n) is 5.39. The zero-order valence-corrected chi connectivity index (χ0v) is 20.9. The molecule has 6 heteroatoms. The molecule has 0 unspecified atom stereocenters. The molecule has 4 rings (SSSR count). The summed E-state index contributed by atoms with van der Waals surface area (Å²) in [5.74, 6) is 1.17. The fourth-order valence-corrected chi connectivity index (χ4v) is 3.96. The Morgan fingerprint density at radius 2 is 1.79 bits per heavy atom. The highest BCUT2D eigenvalue weighted by Crippen LogP contribution is 2.33. The van der Waals surface area contributed by atoms with Crippen molar-refractivity contribution < 1.29 is 9.53 Å². The first-order chi connectivity index (χ1) is 16.0. The number of unbranched alkanes of at least 4 members (excludes halogenated alkanes) is 1. The van der Waals surface area contributed by atoms with Crippen molar-refractivity contribution in [3.05, 3.63) is 98.6 Å². The van der Waals surface area contributed by atoms with Crippen LogP contribution in [0.25, 0.3) is 6.08 Å². The Kier molecular flexibility index (Phi) is 7.31. The number of ether oxygens (including phenoxy) is 1. The molecule has 0 aromatic heterocycles. The second-order valence-electron chi connectivity index (χ2n) is 7.77. The average Bonchev–Trinajstić information content (AvgIpc) is 3.13. The predicted molar refractivity (Wildman–Crippen MR) is 139 cm³/mol. The van der Waals surface area contributed by atoms with Crippen LogP contribution in [0.4, 0.5) is 5.69 Å². The first kappa shape index (κ1) is 23.3. The van der Waals surface area contributed by atoms with E-state index in [1.807, 2.05) is 73.7 Å². The number of hydrogen-bond donors (Lipinski definition) is 0. The summed E-state index contributed by atoms with van der Waals surface area (Å²) < 4.78 is 6.76. The molecule has 3 aromatic rings. The van der Waals surface area contributed by atoms with Gasteiger partial charge in [0.05, 0.1) is 12.3 Å². The predicted octanol–water partition coefficient (Wildman–Crippen LogP) is 7.42. The van der Waals surface area contributed by atoms with Gasteiger partial charge in [0.1, 0.15) is 17.3 Å². The van der Waals surface area contributed by atoms with Gasteiger partial charge in [0, 0.05) is 15.1 Å². The van der Waals surface area contributed by atoms with E-state index in [4.69, 9.17) is 21.3 Å². The van der Waals surface area contributed by atoms with E-state index in [0.717, 1.165) is 39.8 Å². The Morgan fingerprint density at radius 3 is 2.48 bits per heavy atom. The van der Waals surface area contributed by atoms with Gasteiger partial charge in [-0.15, -0.1) is 0 Å². The molecule has 0 spiro atoms. The van der Waals surface area contributed by atoms with Gasteiger partial charge >= 0.3 is 0 Å². The third kappa shape index (κ3) is 5.21. The molecule has 4 nitrogen and oxygen atoms in total. The fraction of sp³-hybridized carbons (Fsp3) is 0.185. The average molecular weight is 524 g/mol. The van der Waals surface area contributed by atoms with Crippen molar-refractivity contribution in [2.75, 3.05) is 11.5 Å². The van der Waals surface area contributed by atoms with E-state index in [9.17, 15) is 4.79 Å². The largest absolute Gasteiger partial charge is 0.494 e. The molecule has 0 fully saturated rings. The number of carbonyl (C=O) groups excluding carboxylic acids is 1. The number of anilines is 1. The number of hydrogen-bond acceptors (Lipinski definition) is 3. The molecule has 0 aliphatic carbocycles. The summed E-state index contributed by atoms with van der Waals surface area (Å²) in [6.45, 7) is 4.72. The molecule has 0 saturated carbocycles. The molecule has 0 bridgehead atoms. The van der Waals surface area contributed by atoms with Crippen LogP contribution in [0, 0.1) is 6.92 Å². The van der Waals surface area contributed by atoms with E-state index in [1.54, 1.807) is 11.0 Å². The van der Waals surface area contributed by atoms with Crippen LogP contribution in [0.15, 0.2) is 81.9 Å². The van der Waals surface area contributed by atoms with Crippen LogP contribution >= 0.6 is 27.5 Å². The first-order valence-electron chi connectivity index (χ1n) is 10.9. The van der Waals surface area contributed by atoms with Crippen molar-refractivity contribution in [1.82, 2.24) is 0 Å². The van der Waals surface area contributed by atoms with Crippen LogP contribution in [0.1, 0.15) is 36.5 Å². The summed E-state index contributed by atoms with van der Waals surface area (Å²) in [5.41, 5.74) is 3.63. The van der Waals surface area contributed by atoms with Crippen molar-refractivity contribution in [3.8, 4) is 5.75 Å². The Bertz CT molecular complexity index is 1220. The first-order valence-corrected chi connectivity index (χ1v) is 12.0. The monoisotopic (exact) mass is 522 g/mol. The van der Waals surface area contributed by atoms with Crippen LogP contribution in [0.2, 0.25) is 5.02 Å². The summed E-state index contributed by atoms with van der Waals surface area (Å²) in [5, 5.41) is 0.602. The molecular weight excluding hydrogens is 500 g/mol. The van der Waals surface area contributed by atoms with Gasteiger partial charge in [0.25, 0.3) is 5.91 Å². The van der Waals surface area contributed by atoms with Crippen LogP contribution in [-0.4, -0.2) is 18.3 Å². The molecule has 1 aliphatic heterocycles. The zero-order chi connectivity index (χ0) is 23.4. The molecule has 33 heavy (non-hydrogen) atoms. The quantitative estimate of drug-likeness (QED) is 0.239. The SMILES string of the molecule is CCCCOc1ccc(C2=NC(=Cc3ccc(Br)cc3)C(=O)N2c2cccc(Cl)c2C)cc1. The minimum absolute atomic E-state index is 0.193. The van der Waals surface area contributed by atoms with Gasteiger partial charge in [-0.3, -0.25) is 9.69 Å². The Morgan fingerprint density at radius 1 is 1.06 bits per heavy atom.